The largest absolute Gasteiger partial charge is 0.460 e. The van der Waals surface area contributed by atoms with Crippen LogP contribution < -0.4 is 5.32 Å². The Hall–Kier alpha value is -2.53. The fourth-order valence-corrected chi connectivity index (χ4v) is 4.21. The lowest BCUT2D eigenvalue weighted by atomic mass is 10.1. The average molecular weight is 424 g/mol. The van der Waals surface area contributed by atoms with Crippen LogP contribution in [0, 0.1) is 6.92 Å². The normalized spacial score (nSPS) is 12.5. The van der Waals surface area contributed by atoms with Crippen LogP contribution in [0.2, 0.25) is 0 Å². The van der Waals surface area contributed by atoms with Gasteiger partial charge in [0.2, 0.25) is 0 Å². The first kappa shape index (κ1) is 23.1. The number of benzene rings is 1. The summed E-state index contributed by atoms with van der Waals surface area (Å²) in [6.45, 7) is 12.4. The molecule has 1 atom stereocenters. The summed E-state index contributed by atoms with van der Waals surface area (Å²) in [6, 6.07) is 14.6. The standard InChI is InChI=1S/C26H37N3O2/c1-5-28(6-2)16-10-12-20(3)27-26(30)24-19-25-23(18-21(4)31-25)29(24)17-11-15-22-13-8-7-9-14-22/h7-9,13-14,18-20H,5-6,10-12,15-17H2,1-4H3,(H,27,30)/t20-/m1/s1. The van der Waals surface area contributed by atoms with Crippen LogP contribution in [0.25, 0.3) is 11.1 Å². The molecule has 0 saturated carbocycles. The van der Waals surface area contributed by atoms with Crippen LogP contribution in [0.15, 0.2) is 46.9 Å². The fourth-order valence-electron chi connectivity index (χ4n) is 4.21. The van der Waals surface area contributed by atoms with Gasteiger partial charge in [0.1, 0.15) is 11.5 Å². The van der Waals surface area contributed by atoms with Crippen LogP contribution in [0.1, 0.15) is 61.8 Å². The van der Waals surface area contributed by atoms with Crippen molar-refractivity contribution in [2.75, 3.05) is 19.6 Å². The first-order valence-electron chi connectivity index (χ1n) is 11.7. The van der Waals surface area contributed by atoms with Crippen molar-refractivity contribution in [3.05, 3.63) is 59.5 Å². The van der Waals surface area contributed by atoms with E-state index in [9.17, 15) is 4.79 Å². The summed E-state index contributed by atoms with van der Waals surface area (Å²) >= 11 is 0. The third-order valence-electron chi connectivity index (χ3n) is 6.02. The van der Waals surface area contributed by atoms with Gasteiger partial charge in [-0.05, 0) is 64.7 Å². The van der Waals surface area contributed by atoms with E-state index in [0.717, 1.165) is 68.7 Å². The SMILES string of the molecule is CCN(CC)CCC[C@@H](C)NC(=O)c1cc2oc(C)cc2n1CCCc1ccccc1. The average Bonchev–Trinajstić information content (AvgIpc) is 3.28. The summed E-state index contributed by atoms with van der Waals surface area (Å²) in [5.74, 6) is 0.859. The molecule has 3 aromatic rings. The number of carbonyl (C=O) groups is 1. The van der Waals surface area contributed by atoms with Gasteiger partial charge in [0.05, 0.1) is 5.52 Å². The van der Waals surface area contributed by atoms with Gasteiger partial charge in [-0.1, -0.05) is 44.2 Å². The highest BCUT2D eigenvalue weighted by Gasteiger charge is 2.19. The zero-order chi connectivity index (χ0) is 22.2. The minimum absolute atomic E-state index is 0.0147. The lowest BCUT2D eigenvalue weighted by Crippen LogP contribution is -2.34. The van der Waals surface area contributed by atoms with Crippen LogP contribution in [0.3, 0.4) is 0 Å². The summed E-state index contributed by atoms with van der Waals surface area (Å²) in [5, 5.41) is 3.20. The molecule has 0 fully saturated rings. The van der Waals surface area contributed by atoms with Gasteiger partial charge >= 0.3 is 0 Å². The van der Waals surface area contributed by atoms with Crippen LogP contribution >= 0.6 is 0 Å². The Morgan fingerprint density at radius 2 is 1.87 bits per heavy atom. The van der Waals surface area contributed by atoms with Crippen molar-refractivity contribution >= 4 is 17.0 Å². The monoisotopic (exact) mass is 423 g/mol. The van der Waals surface area contributed by atoms with E-state index < -0.39 is 0 Å². The maximum absolute atomic E-state index is 13.1. The molecule has 31 heavy (non-hydrogen) atoms. The molecule has 0 aliphatic carbocycles. The second-order valence-electron chi connectivity index (χ2n) is 8.42. The van der Waals surface area contributed by atoms with Crippen molar-refractivity contribution in [2.24, 2.45) is 0 Å². The lowest BCUT2D eigenvalue weighted by Gasteiger charge is -2.20. The molecular weight excluding hydrogens is 386 g/mol. The zero-order valence-electron chi connectivity index (χ0n) is 19.5. The summed E-state index contributed by atoms with van der Waals surface area (Å²) in [7, 11) is 0. The molecule has 3 rings (SSSR count). The van der Waals surface area contributed by atoms with E-state index in [1.165, 1.54) is 5.56 Å². The van der Waals surface area contributed by atoms with Gasteiger partial charge in [-0.2, -0.15) is 0 Å². The van der Waals surface area contributed by atoms with Gasteiger partial charge in [0.25, 0.3) is 5.91 Å². The van der Waals surface area contributed by atoms with Gasteiger partial charge in [-0.25, -0.2) is 0 Å². The molecule has 0 aliphatic rings. The second kappa shape index (κ2) is 11.2. The summed E-state index contributed by atoms with van der Waals surface area (Å²) in [6.07, 6.45) is 4.02. The number of hydrogen-bond acceptors (Lipinski definition) is 3. The molecule has 0 unspecified atom stereocenters. The highest BCUT2D eigenvalue weighted by molar-refractivity contribution is 5.97. The lowest BCUT2D eigenvalue weighted by molar-refractivity contribution is 0.0928. The topological polar surface area (TPSA) is 50.4 Å². The number of rotatable bonds is 12. The number of nitrogens with one attached hydrogen (secondary N) is 1. The number of aromatic nitrogens is 1. The van der Waals surface area contributed by atoms with Gasteiger partial charge in [-0.15, -0.1) is 0 Å². The molecule has 1 N–H and O–H groups in total. The van der Waals surface area contributed by atoms with Gasteiger partial charge in [0, 0.05) is 24.7 Å². The number of carbonyl (C=O) groups excluding carboxylic acids is 1. The van der Waals surface area contributed by atoms with E-state index in [0.29, 0.717) is 5.69 Å². The molecule has 0 bridgehead atoms. The molecule has 1 amide bonds. The zero-order valence-corrected chi connectivity index (χ0v) is 19.5. The molecule has 1 aromatic carbocycles. The molecular formula is C26H37N3O2. The molecule has 0 spiro atoms. The van der Waals surface area contributed by atoms with Crippen LogP contribution in [0.4, 0.5) is 0 Å². The smallest absolute Gasteiger partial charge is 0.268 e. The van der Waals surface area contributed by atoms with Crippen molar-refractivity contribution in [2.45, 2.75) is 66.0 Å². The highest BCUT2D eigenvalue weighted by atomic mass is 16.3. The van der Waals surface area contributed by atoms with E-state index in [1.807, 2.05) is 25.1 Å². The first-order chi connectivity index (χ1) is 15.0. The molecule has 0 aliphatic heterocycles. The number of nitrogens with zero attached hydrogens (tertiary/aromatic N) is 2. The van der Waals surface area contributed by atoms with Crippen molar-refractivity contribution in [1.29, 1.82) is 0 Å². The molecule has 2 aromatic heterocycles. The third-order valence-corrected chi connectivity index (χ3v) is 6.02. The van der Waals surface area contributed by atoms with E-state index in [-0.39, 0.29) is 11.9 Å². The Bertz CT molecular complexity index is 954. The number of amides is 1. The predicted octanol–water partition coefficient (Wildman–Crippen LogP) is 5.42. The fraction of sp³-hybridized carbons (Fsp3) is 0.500. The molecule has 168 valence electrons. The molecule has 5 nitrogen and oxygen atoms in total. The predicted molar refractivity (Wildman–Crippen MR) is 128 cm³/mol. The maximum atomic E-state index is 13.1. The van der Waals surface area contributed by atoms with Crippen LogP contribution in [-0.4, -0.2) is 41.1 Å². The highest BCUT2D eigenvalue weighted by Crippen LogP contribution is 2.24. The quantitative estimate of drug-likeness (QED) is 0.423. The van der Waals surface area contributed by atoms with E-state index >= 15 is 0 Å². The Balaban J connectivity index is 1.63. The van der Waals surface area contributed by atoms with Crippen molar-refractivity contribution < 1.29 is 9.21 Å². The van der Waals surface area contributed by atoms with Crippen LogP contribution in [-0.2, 0) is 13.0 Å². The van der Waals surface area contributed by atoms with Crippen molar-refractivity contribution in [3.63, 3.8) is 0 Å². The Morgan fingerprint density at radius 3 is 2.58 bits per heavy atom. The Kier molecular flexibility index (Phi) is 8.35. The van der Waals surface area contributed by atoms with Crippen molar-refractivity contribution in [3.8, 4) is 0 Å². The number of fused-ring (bicyclic) bond motifs is 1. The minimum Gasteiger partial charge on any atom is -0.460 e. The molecule has 2 heterocycles. The summed E-state index contributed by atoms with van der Waals surface area (Å²) < 4.78 is 7.94. The minimum atomic E-state index is -0.0147. The Labute approximate surface area is 186 Å². The van der Waals surface area contributed by atoms with Gasteiger partial charge in [-0.3, -0.25) is 4.79 Å². The molecule has 0 saturated heterocycles. The second-order valence-corrected chi connectivity index (χ2v) is 8.42. The third kappa shape index (κ3) is 6.23. The van der Waals surface area contributed by atoms with Crippen molar-refractivity contribution in [1.82, 2.24) is 14.8 Å². The number of furan rings is 1. The summed E-state index contributed by atoms with van der Waals surface area (Å²) in [4.78, 5) is 15.5. The van der Waals surface area contributed by atoms with E-state index in [1.54, 1.807) is 0 Å². The number of hydrogen-bond donors (Lipinski definition) is 1. The van der Waals surface area contributed by atoms with Crippen LogP contribution in [0.5, 0.6) is 0 Å². The first-order valence-corrected chi connectivity index (χ1v) is 11.7. The Morgan fingerprint density at radius 1 is 1.13 bits per heavy atom. The molecule has 5 heteroatoms. The maximum Gasteiger partial charge on any atom is 0.268 e. The van der Waals surface area contributed by atoms with Gasteiger partial charge in [0.15, 0.2) is 5.58 Å². The van der Waals surface area contributed by atoms with E-state index in [4.69, 9.17) is 4.42 Å². The van der Waals surface area contributed by atoms with E-state index in [2.05, 4.69) is 59.8 Å². The van der Waals surface area contributed by atoms with Gasteiger partial charge < -0.3 is 19.2 Å². The number of aryl methyl sites for hydroxylation is 3. The summed E-state index contributed by atoms with van der Waals surface area (Å²) in [5.41, 5.74) is 3.81. The molecule has 0 radical (unpaired) electrons.